The Bertz CT molecular complexity index is 921. The summed E-state index contributed by atoms with van der Waals surface area (Å²) in [6, 6.07) is 23.2. The third kappa shape index (κ3) is 3.24. The second-order valence-corrected chi connectivity index (χ2v) is 6.69. The molecule has 0 aliphatic carbocycles. The van der Waals surface area contributed by atoms with Gasteiger partial charge >= 0.3 is 0 Å². The van der Waals surface area contributed by atoms with Gasteiger partial charge in [-0.1, -0.05) is 48.5 Å². The number of rotatable bonds is 4. The Morgan fingerprint density at radius 2 is 1.56 bits per heavy atom. The highest BCUT2D eigenvalue weighted by atomic mass is 16.6. The average molecular weight is 362 g/mol. The Balaban J connectivity index is 1.82. The van der Waals surface area contributed by atoms with E-state index in [2.05, 4.69) is 0 Å². The van der Waals surface area contributed by atoms with Crippen LogP contribution < -0.4 is 14.2 Å². The third-order valence-corrected chi connectivity index (χ3v) is 5.10. The smallest absolute Gasteiger partial charge is 0.235 e. The lowest BCUT2D eigenvalue weighted by molar-refractivity contribution is -0.161. The summed E-state index contributed by atoms with van der Waals surface area (Å²) < 4.78 is 16.7. The van der Waals surface area contributed by atoms with Crippen LogP contribution in [0.5, 0.6) is 17.2 Å². The van der Waals surface area contributed by atoms with Crippen molar-refractivity contribution in [3.63, 3.8) is 0 Å². The van der Waals surface area contributed by atoms with Crippen LogP contribution in [0.25, 0.3) is 0 Å². The van der Waals surface area contributed by atoms with Gasteiger partial charge in [-0.05, 0) is 23.8 Å². The molecule has 0 spiro atoms. The molecule has 3 aromatic carbocycles. The van der Waals surface area contributed by atoms with Crippen LogP contribution in [0, 0.1) is 0 Å². The maximum Gasteiger partial charge on any atom is 0.235 e. The van der Waals surface area contributed by atoms with Gasteiger partial charge in [-0.15, -0.1) is 0 Å². The van der Waals surface area contributed by atoms with Crippen LogP contribution in [0.1, 0.15) is 29.0 Å². The van der Waals surface area contributed by atoms with Gasteiger partial charge in [0.2, 0.25) is 5.79 Å². The topological polar surface area (TPSA) is 47.9 Å². The van der Waals surface area contributed by atoms with Crippen LogP contribution >= 0.6 is 0 Å². The van der Waals surface area contributed by atoms with Crippen LogP contribution in [0.4, 0.5) is 0 Å². The van der Waals surface area contributed by atoms with E-state index in [-0.39, 0.29) is 5.92 Å². The second kappa shape index (κ2) is 6.97. The van der Waals surface area contributed by atoms with Crippen molar-refractivity contribution in [2.24, 2.45) is 0 Å². The average Bonchev–Trinajstić information content (AvgIpc) is 2.73. The number of ether oxygens (including phenoxy) is 3. The fourth-order valence-corrected chi connectivity index (χ4v) is 3.64. The zero-order chi connectivity index (χ0) is 18.9. The van der Waals surface area contributed by atoms with E-state index in [9.17, 15) is 5.11 Å². The second-order valence-electron chi connectivity index (χ2n) is 6.69. The van der Waals surface area contributed by atoms with Gasteiger partial charge in [0.1, 0.15) is 17.2 Å². The van der Waals surface area contributed by atoms with Crippen LogP contribution in [0.2, 0.25) is 0 Å². The molecule has 0 amide bonds. The van der Waals surface area contributed by atoms with Crippen molar-refractivity contribution in [1.29, 1.82) is 0 Å². The fourth-order valence-electron chi connectivity index (χ4n) is 3.64. The maximum absolute atomic E-state index is 11.4. The zero-order valence-corrected chi connectivity index (χ0v) is 15.4. The minimum atomic E-state index is -1.41. The molecule has 4 rings (SSSR count). The number of aliphatic hydroxyl groups is 1. The molecule has 1 heterocycles. The molecule has 1 aliphatic rings. The number of methoxy groups -OCH3 is 2. The molecule has 4 nitrogen and oxygen atoms in total. The summed E-state index contributed by atoms with van der Waals surface area (Å²) in [7, 11) is 3.27. The van der Waals surface area contributed by atoms with Gasteiger partial charge in [0, 0.05) is 29.5 Å². The van der Waals surface area contributed by atoms with Crippen molar-refractivity contribution in [3.05, 3.63) is 89.5 Å². The predicted octanol–water partition coefficient (Wildman–Crippen LogP) is 4.46. The lowest BCUT2D eigenvalue weighted by Gasteiger charge is -2.39. The Morgan fingerprint density at radius 3 is 2.22 bits per heavy atom. The molecule has 138 valence electrons. The van der Waals surface area contributed by atoms with Crippen molar-refractivity contribution in [2.45, 2.75) is 18.1 Å². The lowest BCUT2D eigenvalue weighted by atomic mass is 9.81. The molecular weight excluding hydrogens is 340 g/mol. The first-order chi connectivity index (χ1) is 13.1. The first-order valence-electron chi connectivity index (χ1n) is 8.92. The van der Waals surface area contributed by atoms with Crippen molar-refractivity contribution in [2.75, 3.05) is 14.2 Å². The van der Waals surface area contributed by atoms with Crippen molar-refractivity contribution in [1.82, 2.24) is 0 Å². The molecule has 1 N–H and O–H groups in total. The van der Waals surface area contributed by atoms with Gasteiger partial charge in [0.05, 0.1) is 14.2 Å². The van der Waals surface area contributed by atoms with Gasteiger partial charge in [-0.2, -0.15) is 0 Å². The monoisotopic (exact) mass is 362 g/mol. The molecule has 1 aliphatic heterocycles. The van der Waals surface area contributed by atoms with E-state index in [4.69, 9.17) is 14.2 Å². The minimum Gasteiger partial charge on any atom is -0.497 e. The van der Waals surface area contributed by atoms with Gasteiger partial charge in [0.25, 0.3) is 0 Å². The first-order valence-corrected chi connectivity index (χ1v) is 8.92. The van der Waals surface area contributed by atoms with Gasteiger partial charge < -0.3 is 19.3 Å². The molecule has 0 saturated carbocycles. The van der Waals surface area contributed by atoms with Crippen LogP contribution in [-0.4, -0.2) is 19.3 Å². The van der Waals surface area contributed by atoms with E-state index in [1.807, 2.05) is 72.8 Å². The van der Waals surface area contributed by atoms with E-state index in [1.165, 1.54) is 0 Å². The Morgan fingerprint density at radius 1 is 0.889 bits per heavy atom. The van der Waals surface area contributed by atoms with E-state index in [0.29, 0.717) is 17.9 Å². The molecule has 0 fully saturated rings. The molecule has 0 saturated heterocycles. The number of benzene rings is 3. The SMILES string of the molecule is COc1ccc([C@H]2C[C@@](O)(c3ccccc3)Oc3cc(OC)ccc32)cc1. The normalized spacial score (nSPS) is 21.1. The fraction of sp³-hybridized carbons (Fsp3) is 0.217. The number of hydrogen-bond donors (Lipinski definition) is 1. The highest BCUT2D eigenvalue weighted by molar-refractivity contribution is 5.49. The summed E-state index contributed by atoms with van der Waals surface area (Å²) in [5.74, 6) is 0.702. The van der Waals surface area contributed by atoms with Crippen LogP contribution in [0.3, 0.4) is 0 Å². The summed E-state index contributed by atoms with van der Waals surface area (Å²) in [5.41, 5.74) is 2.86. The Kier molecular flexibility index (Phi) is 4.50. The minimum absolute atomic E-state index is 0.0178. The molecule has 4 heteroatoms. The molecular formula is C23H22O4. The highest BCUT2D eigenvalue weighted by Gasteiger charge is 2.41. The van der Waals surface area contributed by atoms with E-state index >= 15 is 0 Å². The Hall–Kier alpha value is -2.98. The molecule has 0 bridgehead atoms. The van der Waals surface area contributed by atoms with Crippen molar-refractivity contribution < 1.29 is 19.3 Å². The quantitative estimate of drug-likeness (QED) is 0.744. The highest BCUT2D eigenvalue weighted by Crippen LogP contribution is 2.48. The standard InChI is InChI=1S/C23H22O4/c1-25-18-10-8-16(9-11-18)21-15-23(24,17-6-4-3-5-7-17)27-22-14-19(26-2)12-13-20(21)22/h3-14,21,24H,15H2,1-2H3/t21-,23+/m1/s1. The van der Waals surface area contributed by atoms with Crippen LogP contribution in [0.15, 0.2) is 72.8 Å². The van der Waals surface area contributed by atoms with Crippen LogP contribution in [-0.2, 0) is 5.79 Å². The zero-order valence-electron chi connectivity index (χ0n) is 15.4. The number of hydrogen-bond acceptors (Lipinski definition) is 4. The molecule has 0 aromatic heterocycles. The summed E-state index contributed by atoms with van der Waals surface area (Å²) in [6.07, 6.45) is 0.419. The summed E-state index contributed by atoms with van der Waals surface area (Å²) in [6.45, 7) is 0. The van der Waals surface area contributed by atoms with E-state index in [0.717, 1.165) is 22.4 Å². The van der Waals surface area contributed by atoms with Gasteiger partial charge in [0.15, 0.2) is 0 Å². The summed E-state index contributed by atoms with van der Waals surface area (Å²) in [4.78, 5) is 0. The van der Waals surface area contributed by atoms with Gasteiger partial charge in [-0.3, -0.25) is 0 Å². The number of fused-ring (bicyclic) bond motifs is 1. The molecule has 0 radical (unpaired) electrons. The van der Waals surface area contributed by atoms with Gasteiger partial charge in [-0.25, -0.2) is 0 Å². The predicted molar refractivity (Wildman–Crippen MR) is 103 cm³/mol. The van der Waals surface area contributed by atoms with Crippen molar-refractivity contribution in [3.8, 4) is 17.2 Å². The molecule has 2 atom stereocenters. The largest absolute Gasteiger partial charge is 0.497 e. The lowest BCUT2D eigenvalue weighted by Crippen LogP contribution is -2.38. The summed E-state index contributed by atoms with van der Waals surface area (Å²) >= 11 is 0. The van der Waals surface area contributed by atoms with Crippen molar-refractivity contribution >= 4 is 0 Å². The maximum atomic E-state index is 11.4. The summed E-state index contributed by atoms with van der Waals surface area (Å²) in [5, 5.41) is 11.4. The molecule has 0 unspecified atom stereocenters. The first kappa shape index (κ1) is 17.4. The van der Waals surface area contributed by atoms with E-state index < -0.39 is 5.79 Å². The molecule has 3 aromatic rings. The van der Waals surface area contributed by atoms with E-state index in [1.54, 1.807) is 14.2 Å². The third-order valence-electron chi connectivity index (χ3n) is 5.10. The Labute approximate surface area is 158 Å². The molecule has 27 heavy (non-hydrogen) atoms.